The van der Waals surface area contributed by atoms with Crippen molar-refractivity contribution in [3.05, 3.63) is 144 Å². The monoisotopic (exact) mass is 906 g/mol. The minimum absolute atomic E-state index is 0.0709. The number of terminal acetylenes is 2. The molecule has 0 aliphatic carbocycles. The molecule has 0 heterocycles. The van der Waals surface area contributed by atoms with Gasteiger partial charge in [-0.05, 0) is 36.1 Å². The molecule has 0 aliphatic heterocycles. The predicted octanol–water partition coefficient (Wildman–Crippen LogP) is 5.48. The van der Waals surface area contributed by atoms with Crippen molar-refractivity contribution in [1.82, 2.24) is 31.5 Å². The lowest BCUT2D eigenvalue weighted by Gasteiger charge is -2.27. The highest BCUT2D eigenvalue weighted by Crippen LogP contribution is 2.09. The highest BCUT2D eigenvalue weighted by atomic mass is 16.6. The predicted molar refractivity (Wildman–Crippen MR) is 232 cm³/mol. The zero-order valence-electron chi connectivity index (χ0n) is 35.7. The van der Waals surface area contributed by atoms with Gasteiger partial charge in [-0.3, -0.25) is 20.2 Å². The lowest BCUT2D eigenvalue weighted by molar-refractivity contribution is -0.126. The van der Waals surface area contributed by atoms with Gasteiger partial charge in [0, 0.05) is 0 Å². The summed E-state index contributed by atoms with van der Waals surface area (Å²) in [4.78, 5) is 97.8. The molecular formula is C46H46N6O14. The molecule has 66 heavy (non-hydrogen) atoms. The Balaban J connectivity index is 0.000000350. The molecule has 20 heteroatoms. The van der Waals surface area contributed by atoms with Crippen LogP contribution in [0.15, 0.2) is 121 Å². The minimum atomic E-state index is -1.36. The number of rotatable bonds is 14. The van der Waals surface area contributed by atoms with Gasteiger partial charge < -0.3 is 28.4 Å². The van der Waals surface area contributed by atoms with E-state index < -0.39 is 60.5 Å². The Morgan fingerprint density at radius 1 is 0.439 bits per heavy atom. The Hall–Kier alpha value is -9.04. The highest BCUT2D eigenvalue weighted by molar-refractivity contribution is 5.97. The molecule has 0 spiro atoms. The topological polar surface area (TPSA) is 247 Å². The number of benzene rings is 4. The minimum Gasteiger partial charge on any atom is -0.443 e. The number of imide groups is 2. The molecule has 0 unspecified atom stereocenters. The summed E-state index contributed by atoms with van der Waals surface area (Å²) < 4.78 is 29.7. The van der Waals surface area contributed by atoms with Gasteiger partial charge >= 0.3 is 36.6 Å². The second-order valence-electron chi connectivity index (χ2n) is 13.1. The van der Waals surface area contributed by atoms with Crippen LogP contribution in [0.4, 0.5) is 28.8 Å². The van der Waals surface area contributed by atoms with E-state index in [1.807, 2.05) is 22.8 Å². The molecule has 20 nitrogen and oxygen atoms in total. The van der Waals surface area contributed by atoms with Gasteiger partial charge in [-0.1, -0.05) is 133 Å². The van der Waals surface area contributed by atoms with Gasteiger partial charge in [-0.15, -0.1) is 12.8 Å². The van der Waals surface area contributed by atoms with Crippen molar-refractivity contribution in [2.24, 2.45) is 0 Å². The van der Waals surface area contributed by atoms with E-state index in [0.29, 0.717) is 32.3 Å². The first-order valence-electron chi connectivity index (χ1n) is 19.6. The van der Waals surface area contributed by atoms with Crippen molar-refractivity contribution in [2.45, 2.75) is 52.4 Å². The smallest absolute Gasteiger partial charge is 0.429 e. The fourth-order valence-corrected chi connectivity index (χ4v) is 4.82. The number of carbonyl (C=O) groups is 8. The Morgan fingerprint density at radius 3 is 0.985 bits per heavy atom. The Labute approximate surface area is 379 Å². The maximum Gasteiger partial charge on any atom is 0.429 e. The lowest BCUT2D eigenvalue weighted by Crippen LogP contribution is -2.57. The van der Waals surface area contributed by atoms with E-state index in [-0.39, 0.29) is 39.6 Å². The van der Waals surface area contributed by atoms with Crippen molar-refractivity contribution < 1.29 is 66.8 Å². The van der Waals surface area contributed by atoms with E-state index in [1.54, 1.807) is 109 Å². The molecule has 2 atom stereocenters. The molecule has 4 aromatic carbocycles. The second-order valence-corrected chi connectivity index (χ2v) is 13.1. The fourth-order valence-electron chi connectivity index (χ4n) is 4.82. The van der Waals surface area contributed by atoms with Gasteiger partial charge in [0.1, 0.15) is 38.5 Å². The third-order valence-electron chi connectivity index (χ3n) is 8.21. The van der Waals surface area contributed by atoms with Crippen molar-refractivity contribution in [2.75, 3.05) is 13.2 Å². The Morgan fingerprint density at radius 2 is 0.712 bits per heavy atom. The zero-order valence-corrected chi connectivity index (χ0v) is 35.7. The number of ether oxygens (including phenoxy) is 6. The van der Waals surface area contributed by atoms with Crippen molar-refractivity contribution in [3.63, 3.8) is 0 Å². The third kappa shape index (κ3) is 19.3. The maximum atomic E-state index is 12.6. The fraction of sp³-hybridized carbons (Fsp3) is 0.217. The summed E-state index contributed by atoms with van der Waals surface area (Å²) in [5.41, 5.74) is 7.15. The van der Waals surface area contributed by atoms with E-state index in [0.717, 1.165) is 0 Å². The molecule has 0 fully saturated rings. The van der Waals surface area contributed by atoms with Crippen LogP contribution in [-0.4, -0.2) is 83.7 Å². The summed E-state index contributed by atoms with van der Waals surface area (Å²) in [6, 6.07) is 32.5. The summed E-state index contributed by atoms with van der Waals surface area (Å²) in [5, 5.41) is 5.06. The van der Waals surface area contributed by atoms with Crippen LogP contribution in [0, 0.1) is 24.7 Å². The summed E-state index contributed by atoms with van der Waals surface area (Å²) in [6.45, 7) is 1.47. The SMILES string of the molecule is C#CCOC(=O)NC(=O)[C@@H](C)N(NC(=O)OCc1ccccc1)C(=O)OCc1ccccc1.C#CCOC(=O)NC(=O)[C@@H](C)N(NC(=O)OCc1ccccc1)C(=O)OCc1ccccc1. The van der Waals surface area contributed by atoms with Crippen molar-refractivity contribution in [3.8, 4) is 24.7 Å². The van der Waals surface area contributed by atoms with Crippen LogP contribution in [0.25, 0.3) is 0 Å². The number of alkyl carbamates (subject to hydrolysis) is 2. The number of hydrogen-bond acceptors (Lipinski definition) is 14. The first-order chi connectivity index (χ1) is 31.8. The number of carbonyl (C=O) groups excluding carboxylic acids is 8. The molecular weight excluding hydrogens is 861 g/mol. The number of hydrogen-bond donors (Lipinski definition) is 4. The molecule has 0 saturated carbocycles. The molecule has 4 rings (SSSR count). The van der Waals surface area contributed by atoms with Crippen LogP contribution in [0.3, 0.4) is 0 Å². The zero-order chi connectivity index (χ0) is 48.1. The quantitative estimate of drug-likeness (QED) is 0.0695. The average molecular weight is 907 g/mol. The van der Waals surface area contributed by atoms with E-state index in [1.165, 1.54) is 13.8 Å². The van der Waals surface area contributed by atoms with Crippen LogP contribution in [-0.2, 0) is 64.4 Å². The molecule has 0 radical (unpaired) electrons. The second kappa shape index (κ2) is 28.5. The van der Waals surface area contributed by atoms with E-state index in [4.69, 9.17) is 31.8 Å². The first kappa shape index (κ1) is 51.3. The van der Waals surface area contributed by atoms with Gasteiger partial charge in [0.2, 0.25) is 0 Å². The molecule has 4 aromatic rings. The van der Waals surface area contributed by atoms with Crippen molar-refractivity contribution in [1.29, 1.82) is 0 Å². The molecule has 344 valence electrons. The summed E-state index contributed by atoms with van der Waals surface area (Å²) in [5.74, 6) is 2.26. The molecule has 0 bridgehead atoms. The third-order valence-corrected chi connectivity index (χ3v) is 8.21. The van der Waals surface area contributed by atoms with Gasteiger partial charge in [-0.25, -0.2) is 49.6 Å². The molecule has 8 amide bonds. The van der Waals surface area contributed by atoms with E-state index in [9.17, 15) is 38.4 Å². The molecule has 4 N–H and O–H groups in total. The first-order valence-corrected chi connectivity index (χ1v) is 19.6. The van der Waals surface area contributed by atoms with Crippen molar-refractivity contribution >= 4 is 48.4 Å². The molecule has 0 aliphatic rings. The maximum absolute atomic E-state index is 12.6. The molecule has 0 saturated heterocycles. The van der Waals surface area contributed by atoms with Gasteiger partial charge in [0.15, 0.2) is 13.2 Å². The normalized spacial score (nSPS) is 10.7. The van der Waals surface area contributed by atoms with Crippen LogP contribution in [0.5, 0.6) is 0 Å². The number of hydrazine groups is 2. The lowest BCUT2D eigenvalue weighted by atomic mass is 10.2. The van der Waals surface area contributed by atoms with Crippen LogP contribution in [0.1, 0.15) is 36.1 Å². The standard InChI is InChI=1S/2C23H23N3O7/c2*1-3-14-31-21(28)24-20(27)17(2)26(23(30)33-16-19-12-8-5-9-13-19)25-22(29)32-15-18-10-6-4-7-11-18/h2*1,4-13,17H,14-16H2,2H3,(H,25,29)(H,24,27,28)/t2*17-/m11/s1. The van der Waals surface area contributed by atoms with E-state index >= 15 is 0 Å². The average Bonchev–Trinajstić information content (AvgIpc) is 3.34. The highest BCUT2D eigenvalue weighted by Gasteiger charge is 2.32. The number of amides is 8. The van der Waals surface area contributed by atoms with Crippen LogP contribution >= 0.6 is 0 Å². The molecule has 0 aromatic heterocycles. The largest absolute Gasteiger partial charge is 0.443 e. The van der Waals surface area contributed by atoms with Gasteiger partial charge in [0.05, 0.1) is 0 Å². The number of nitrogens with one attached hydrogen (secondary N) is 4. The van der Waals surface area contributed by atoms with Crippen LogP contribution < -0.4 is 21.5 Å². The number of nitrogens with zero attached hydrogens (tertiary/aromatic N) is 2. The summed E-state index contributed by atoms with van der Waals surface area (Å²) >= 11 is 0. The Kier molecular flexibility index (Phi) is 22.2. The van der Waals surface area contributed by atoms with Gasteiger partial charge in [-0.2, -0.15) is 0 Å². The van der Waals surface area contributed by atoms with E-state index in [2.05, 4.69) is 32.2 Å². The Bertz CT molecular complexity index is 2140. The van der Waals surface area contributed by atoms with Gasteiger partial charge in [0.25, 0.3) is 11.8 Å². The van der Waals surface area contributed by atoms with Crippen LogP contribution in [0.2, 0.25) is 0 Å². The summed E-state index contributed by atoms with van der Waals surface area (Å²) in [6.07, 6.45) is 3.67. The summed E-state index contributed by atoms with van der Waals surface area (Å²) in [7, 11) is 0.